The minimum absolute atomic E-state index is 0.787. The average molecular weight is 146 g/mol. The zero-order valence-corrected chi connectivity index (χ0v) is 7.09. The molecule has 2 N–H and O–H groups in total. The molecule has 1 unspecified atom stereocenters. The molecule has 1 atom stereocenters. The molecule has 3 nitrogen and oxygen atoms in total. The molecule has 1 saturated heterocycles. The molecule has 0 aromatic rings. The summed E-state index contributed by atoms with van der Waals surface area (Å²) in [6.07, 6.45) is 1.31. The topological polar surface area (TPSA) is 35.5 Å². The van der Waals surface area contributed by atoms with Gasteiger partial charge in [0.2, 0.25) is 0 Å². The van der Waals surface area contributed by atoms with Gasteiger partial charge in [-0.05, 0) is 27.1 Å². The van der Waals surface area contributed by atoms with Gasteiger partial charge < -0.3 is 15.3 Å². The Hall–Kier alpha value is -0.120. The SMILES string of the molecule is CN(C)C1CCNC1.CO. The fourth-order valence-corrected chi connectivity index (χ4v) is 1.08. The zero-order valence-electron chi connectivity index (χ0n) is 7.09. The maximum Gasteiger partial charge on any atom is 0.0319 e. The Bertz CT molecular complexity index is 70.0. The van der Waals surface area contributed by atoms with Crippen molar-refractivity contribution in [2.75, 3.05) is 34.3 Å². The number of likely N-dealkylation sites (N-methyl/N-ethyl adjacent to an activating group) is 1. The number of nitrogens with one attached hydrogen (secondary N) is 1. The van der Waals surface area contributed by atoms with Crippen molar-refractivity contribution in [3.8, 4) is 0 Å². The lowest BCUT2D eigenvalue weighted by Crippen LogP contribution is -2.29. The maximum atomic E-state index is 7.00. The van der Waals surface area contributed by atoms with Crippen LogP contribution in [0.5, 0.6) is 0 Å². The molecule has 0 radical (unpaired) electrons. The molecule has 0 amide bonds. The van der Waals surface area contributed by atoms with Gasteiger partial charge in [0.05, 0.1) is 0 Å². The maximum absolute atomic E-state index is 7.00. The third kappa shape index (κ3) is 3.15. The van der Waals surface area contributed by atoms with Crippen LogP contribution in [-0.4, -0.2) is 50.3 Å². The zero-order chi connectivity index (χ0) is 7.98. The highest BCUT2D eigenvalue weighted by Gasteiger charge is 2.14. The molecule has 1 heterocycles. The summed E-state index contributed by atoms with van der Waals surface area (Å²) in [6.45, 7) is 2.37. The molecule has 62 valence electrons. The van der Waals surface area contributed by atoms with Gasteiger partial charge in [-0.3, -0.25) is 0 Å². The largest absolute Gasteiger partial charge is 0.400 e. The van der Waals surface area contributed by atoms with Crippen LogP contribution < -0.4 is 5.32 Å². The quantitative estimate of drug-likeness (QED) is 0.524. The van der Waals surface area contributed by atoms with Gasteiger partial charge in [-0.15, -0.1) is 0 Å². The van der Waals surface area contributed by atoms with Crippen molar-refractivity contribution in [2.45, 2.75) is 12.5 Å². The van der Waals surface area contributed by atoms with Crippen molar-refractivity contribution >= 4 is 0 Å². The highest BCUT2D eigenvalue weighted by molar-refractivity contribution is 4.76. The molecule has 1 rings (SSSR count). The van der Waals surface area contributed by atoms with E-state index in [-0.39, 0.29) is 0 Å². The number of hydrogen-bond donors (Lipinski definition) is 2. The summed E-state index contributed by atoms with van der Waals surface area (Å²) in [5.41, 5.74) is 0. The molecule has 3 heteroatoms. The van der Waals surface area contributed by atoms with Crippen LogP contribution >= 0.6 is 0 Å². The van der Waals surface area contributed by atoms with Crippen molar-refractivity contribution in [1.29, 1.82) is 0 Å². The molecule has 0 spiro atoms. The van der Waals surface area contributed by atoms with Gasteiger partial charge in [0, 0.05) is 19.7 Å². The van der Waals surface area contributed by atoms with Crippen LogP contribution in [0.3, 0.4) is 0 Å². The van der Waals surface area contributed by atoms with E-state index < -0.39 is 0 Å². The van der Waals surface area contributed by atoms with Gasteiger partial charge in [-0.25, -0.2) is 0 Å². The average Bonchev–Trinajstić information content (AvgIpc) is 2.42. The summed E-state index contributed by atoms with van der Waals surface area (Å²) in [7, 11) is 5.27. The Kier molecular flexibility index (Phi) is 5.58. The second kappa shape index (κ2) is 5.65. The summed E-state index contributed by atoms with van der Waals surface area (Å²) in [5, 5.41) is 10.3. The number of aliphatic hydroxyl groups is 1. The van der Waals surface area contributed by atoms with Gasteiger partial charge in [0.1, 0.15) is 0 Å². The van der Waals surface area contributed by atoms with Crippen LogP contribution in [0.25, 0.3) is 0 Å². The lowest BCUT2D eigenvalue weighted by atomic mass is 10.2. The Morgan fingerprint density at radius 2 is 2.00 bits per heavy atom. The number of rotatable bonds is 1. The van der Waals surface area contributed by atoms with Crippen LogP contribution in [-0.2, 0) is 0 Å². The van der Waals surface area contributed by atoms with Gasteiger partial charge in [-0.2, -0.15) is 0 Å². The number of nitrogens with zero attached hydrogens (tertiary/aromatic N) is 1. The predicted octanol–water partition coefficient (Wildman–Crippen LogP) is -0.482. The van der Waals surface area contributed by atoms with Gasteiger partial charge >= 0.3 is 0 Å². The molecule has 0 aliphatic carbocycles. The van der Waals surface area contributed by atoms with Crippen LogP contribution in [0.15, 0.2) is 0 Å². The Balaban J connectivity index is 0.000000371. The predicted molar refractivity (Wildman–Crippen MR) is 43.1 cm³/mol. The number of hydrogen-bond acceptors (Lipinski definition) is 3. The first-order valence-electron chi connectivity index (χ1n) is 3.62. The fourth-order valence-electron chi connectivity index (χ4n) is 1.08. The molecule has 1 fully saturated rings. The van der Waals surface area contributed by atoms with E-state index in [2.05, 4.69) is 24.3 Å². The van der Waals surface area contributed by atoms with Crippen molar-refractivity contribution in [2.24, 2.45) is 0 Å². The van der Waals surface area contributed by atoms with E-state index in [1.807, 2.05) is 0 Å². The van der Waals surface area contributed by atoms with E-state index in [9.17, 15) is 0 Å². The van der Waals surface area contributed by atoms with Crippen LogP contribution in [0, 0.1) is 0 Å². The highest BCUT2D eigenvalue weighted by Crippen LogP contribution is 2.01. The Morgan fingerprint density at radius 3 is 2.20 bits per heavy atom. The molecule has 0 bridgehead atoms. The molecular formula is C7H18N2O. The summed E-state index contributed by atoms with van der Waals surface area (Å²) in [6, 6.07) is 0.787. The van der Waals surface area contributed by atoms with E-state index >= 15 is 0 Å². The van der Waals surface area contributed by atoms with Crippen molar-refractivity contribution < 1.29 is 5.11 Å². The van der Waals surface area contributed by atoms with E-state index in [4.69, 9.17) is 5.11 Å². The Morgan fingerprint density at radius 1 is 1.40 bits per heavy atom. The number of aliphatic hydroxyl groups excluding tert-OH is 1. The minimum Gasteiger partial charge on any atom is -0.400 e. The normalized spacial score (nSPS) is 24.3. The second-order valence-corrected chi connectivity index (χ2v) is 2.61. The first-order chi connectivity index (χ1) is 4.80. The van der Waals surface area contributed by atoms with Crippen LogP contribution in [0.4, 0.5) is 0 Å². The lowest BCUT2D eigenvalue weighted by molar-refractivity contribution is 0.313. The van der Waals surface area contributed by atoms with Gasteiger partial charge in [-0.1, -0.05) is 0 Å². The van der Waals surface area contributed by atoms with Crippen LogP contribution in [0.2, 0.25) is 0 Å². The lowest BCUT2D eigenvalue weighted by Gasteiger charge is -2.16. The minimum atomic E-state index is 0.787. The van der Waals surface area contributed by atoms with Crippen LogP contribution in [0.1, 0.15) is 6.42 Å². The summed E-state index contributed by atoms with van der Waals surface area (Å²) >= 11 is 0. The third-order valence-corrected chi connectivity index (χ3v) is 1.76. The molecule has 1 aliphatic heterocycles. The molecule has 0 saturated carbocycles. The van der Waals surface area contributed by atoms with Crippen molar-refractivity contribution in [1.82, 2.24) is 10.2 Å². The van der Waals surface area contributed by atoms with E-state index in [0.717, 1.165) is 13.2 Å². The second-order valence-electron chi connectivity index (χ2n) is 2.61. The molecule has 1 aliphatic rings. The molecular weight excluding hydrogens is 128 g/mol. The van der Waals surface area contributed by atoms with E-state index in [1.54, 1.807) is 0 Å². The molecule has 0 aromatic heterocycles. The molecule has 0 aromatic carbocycles. The van der Waals surface area contributed by atoms with E-state index in [0.29, 0.717) is 0 Å². The summed E-state index contributed by atoms with van der Waals surface area (Å²) in [5.74, 6) is 0. The fraction of sp³-hybridized carbons (Fsp3) is 1.00. The van der Waals surface area contributed by atoms with Gasteiger partial charge in [0.25, 0.3) is 0 Å². The van der Waals surface area contributed by atoms with Gasteiger partial charge in [0.15, 0.2) is 0 Å². The highest BCUT2D eigenvalue weighted by atomic mass is 16.2. The molecule has 10 heavy (non-hydrogen) atoms. The summed E-state index contributed by atoms with van der Waals surface area (Å²) < 4.78 is 0. The Labute approximate surface area is 63.0 Å². The standard InChI is InChI=1S/C6H14N2.CH4O/c1-8(2)6-3-4-7-5-6;1-2/h6-7H,3-5H2,1-2H3;2H,1H3. The van der Waals surface area contributed by atoms with Crippen molar-refractivity contribution in [3.05, 3.63) is 0 Å². The van der Waals surface area contributed by atoms with E-state index in [1.165, 1.54) is 19.5 Å². The smallest absolute Gasteiger partial charge is 0.0319 e. The third-order valence-electron chi connectivity index (χ3n) is 1.76. The summed E-state index contributed by atoms with van der Waals surface area (Å²) in [4.78, 5) is 2.28. The first-order valence-corrected chi connectivity index (χ1v) is 3.62. The first kappa shape index (κ1) is 9.88. The monoisotopic (exact) mass is 146 g/mol. The van der Waals surface area contributed by atoms with Crippen molar-refractivity contribution in [3.63, 3.8) is 0 Å².